The van der Waals surface area contributed by atoms with Gasteiger partial charge in [0.15, 0.2) is 0 Å². The van der Waals surface area contributed by atoms with Crippen molar-refractivity contribution in [2.24, 2.45) is 0 Å². The highest BCUT2D eigenvalue weighted by Gasteiger charge is 2.26. The third-order valence-corrected chi connectivity index (χ3v) is 3.04. The SMILES string of the molecule is CC(C)(NC(=O)c1cc(Cl)cc(Cl)c1)c1cn[nH]n1. The lowest BCUT2D eigenvalue weighted by atomic mass is 10.0. The standard InChI is InChI=1S/C12H12Cl2N4O/c1-12(2,10-6-15-18-17-10)16-11(19)7-3-8(13)5-9(14)4-7/h3-6H,1-2H3,(H,16,19)(H,15,17,18). The van der Waals surface area contributed by atoms with Gasteiger partial charge in [0.25, 0.3) is 5.91 Å². The Morgan fingerprint density at radius 3 is 2.42 bits per heavy atom. The van der Waals surface area contributed by atoms with Crippen molar-refractivity contribution in [1.29, 1.82) is 0 Å². The number of hydrogen-bond donors (Lipinski definition) is 2. The lowest BCUT2D eigenvalue weighted by Crippen LogP contribution is -2.41. The summed E-state index contributed by atoms with van der Waals surface area (Å²) in [5.41, 5.74) is 0.377. The molecule has 0 saturated carbocycles. The van der Waals surface area contributed by atoms with Crippen LogP contribution >= 0.6 is 23.2 Å². The molecule has 0 aliphatic carbocycles. The van der Waals surface area contributed by atoms with Crippen molar-refractivity contribution in [3.63, 3.8) is 0 Å². The summed E-state index contributed by atoms with van der Waals surface area (Å²) in [6.45, 7) is 3.66. The minimum Gasteiger partial charge on any atom is -0.341 e. The Bertz CT molecular complexity index is 576. The van der Waals surface area contributed by atoms with Crippen LogP contribution in [-0.2, 0) is 5.54 Å². The van der Waals surface area contributed by atoms with E-state index in [1.165, 1.54) is 0 Å². The lowest BCUT2D eigenvalue weighted by molar-refractivity contribution is 0.0910. The van der Waals surface area contributed by atoms with Crippen molar-refractivity contribution >= 4 is 29.1 Å². The van der Waals surface area contributed by atoms with Crippen molar-refractivity contribution in [2.45, 2.75) is 19.4 Å². The molecule has 0 fully saturated rings. The average Bonchev–Trinajstić information content (AvgIpc) is 2.80. The van der Waals surface area contributed by atoms with Crippen molar-refractivity contribution in [2.75, 3.05) is 0 Å². The molecule has 100 valence electrons. The maximum Gasteiger partial charge on any atom is 0.252 e. The second-order valence-corrected chi connectivity index (χ2v) is 5.47. The van der Waals surface area contributed by atoms with E-state index in [0.717, 1.165) is 0 Å². The summed E-state index contributed by atoms with van der Waals surface area (Å²) < 4.78 is 0. The maximum atomic E-state index is 12.2. The van der Waals surface area contributed by atoms with Gasteiger partial charge in [0, 0.05) is 15.6 Å². The van der Waals surface area contributed by atoms with Crippen LogP contribution in [0.25, 0.3) is 0 Å². The molecular formula is C12H12Cl2N4O. The van der Waals surface area contributed by atoms with Gasteiger partial charge in [-0.3, -0.25) is 4.79 Å². The van der Waals surface area contributed by atoms with Crippen LogP contribution in [0.1, 0.15) is 29.9 Å². The fourth-order valence-electron chi connectivity index (χ4n) is 1.61. The van der Waals surface area contributed by atoms with Crippen molar-refractivity contribution in [3.05, 3.63) is 45.7 Å². The first kappa shape index (κ1) is 13.8. The number of aromatic amines is 1. The van der Waals surface area contributed by atoms with E-state index >= 15 is 0 Å². The number of nitrogens with one attached hydrogen (secondary N) is 2. The molecule has 2 rings (SSSR count). The second-order valence-electron chi connectivity index (χ2n) is 4.59. The van der Waals surface area contributed by atoms with Crippen LogP contribution in [0.4, 0.5) is 0 Å². The minimum absolute atomic E-state index is 0.280. The summed E-state index contributed by atoms with van der Waals surface area (Å²) in [5, 5.41) is 13.9. The number of H-pyrrole nitrogens is 1. The van der Waals surface area contributed by atoms with Gasteiger partial charge < -0.3 is 5.32 Å². The predicted octanol–water partition coefficient (Wildman–Crippen LogP) is 2.78. The molecule has 1 amide bonds. The number of benzene rings is 1. The van der Waals surface area contributed by atoms with E-state index in [0.29, 0.717) is 21.3 Å². The molecule has 0 bridgehead atoms. The van der Waals surface area contributed by atoms with E-state index in [2.05, 4.69) is 20.7 Å². The molecule has 1 aromatic heterocycles. The molecule has 0 atom stereocenters. The van der Waals surface area contributed by atoms with Gasteiger partial charge in [0.1, 0.15) is 5.69 Å². The van der Waals surface area contributed by atoms with Gasteiger partial charge >= 0.3 is 0 Å². The summed E-state index contributed by atoms with van der Waals surface area (Å²) in [4.78, 5) is 12.2. The zero-order valence-corrected chi connectivity index (χ0v) is 11.9. The third kappa shape index (κ3) is 3.24. The zero-order chi connectivity index (χ0) is 14.0. The number of rotatable bonds is 3. The average molecular weight is 299 g/mol. The molecule has 5 nitrogen and oxygen atoms in total. The quantitative estimate of drug-likeness (QED) is 0.915. The van der Waals surface area contributed by atoms with Crippen LogP contribution in [0.3, 0.4) is 0 Å². The first-order valence-electron chi connectivity index (χ1n) is 5.53. The molecule has 0 aliphatic rings. The summed E-state index contributed by atoms with van der Waals surface area (Å²) in [7, 11) is 0. The Hall–Kier alpha value is -1.59. The van der Waals surface area contributed by atoms with E-state index < -0.39 is 5.54 Å². The Kier molecular flexibility index (Phi) is 3.78. The van der Waals surface area contributed by atoms with E-state index in [1.54, 1.807) is 24.4 Å². The highest BCUT2D eigenvalue weighted by molar-refractivity contribution is 6.35. The van der Waals surface area contributed by atoms with Crippen LogP contribution in [0.2, 0.25) is 10.0 Å². The topological polar surface area (TPSA) is 70.7 Å². The van der Waals surface area contributed by atoms with Crippen molar-refractivity contribution in [3.8, 4) is 0 Å². The number of halogens is 2. The van der Waals surface area contributed by atoms with Gasteiger partial charge in [-0.25, -0.2) is 0 Å². The Balaban J connectivity index is 2.21. The van der Waals surface area contributed by atoms with Crippen LogP contribution in [0.15, 0.2) is 24.4 Å². The van der Waals surface area contributed by atoms with Crippen molar-refractivity contribution in [1.82, 2.24) is 20.7 Å². The Morgan fingerprint density at radius 1 is 1.26 bits per heavy atom. The summed E-state index contributed by atoms with van der Waals surface area (Å²) in [5.74, 6) is -0.280. The molecule has 1 aromatic carbocycles. The highest BCUT2D eigenvalue weighted by Crippen LogP contribution is 2.21. The van der Waals surface area contributed by atoms with Crippen LogP contribution < -0.4 is 5.32 Å². The molecule has 0 unspecified atom stereocenters. The predicted molar refractivity (Wildman–Crippen MR) is 73.3 cm³/mol. The minimum atomic E-state index is -0.654. The van der Waals surface area contributed by atoms with E-state index in [1.807, 2.05) is 13.8 Å². The van der Waals surface area contributed by atoms with Gasteiger partial charge in [0.05, 0.1) is 11.7 Å². The Labute approximate surface area is 120 Å². The molecule has 2 aromatic rings. The molecule has 0 radical (unpaired) electrons. The molecule has 0 spiro atoms. The first-order chi connectivity index (χ1) is 8.88. The normalized spacial score (nSPS) is 11.4. The van der Waals surface area contributed by atoms with Crippen molar-refractivity contribution < 1.29 is 4.79 Å². The highest BCUT2D eigenvalue weighted by atomic mass is 35.5. The van der Waals surface area contributed by atoms with Gasteiger partial charge in [-0.2, -0.15) is 15.4 Å². The molecule has 1 heterocycles. The number of carbonyl (C=O) groups is 1. The monoisotopic (exact) mass is 298 g/mol. The van der Waals surface area contributed by atoms with Gasteiger partial charge in [-0.1, -0.05) is 23.2 Å². The van der Waals surface area contributed by atoms with E-state index in [-0.39, 0.29) is 5.91 Å². The number of aromatic nitrogens is 3. The molecule has 7 heteroatoms. The largest absolute Gasteiger partial charge is 0.341 e. The lowest BCUT2D eigenvalue weighted by Gasteiger charge is -2.23. The Morgan fingerprint density at radius 2 is 1.89 bits per heavy atom. The van der Waals surface area contributed by atoms with Crippen LogP contribution in [-0.4, -0.2) is 21.3 Å². The molecule has 0 aliphatic heterocycles. The summed E-state index contributed by atoms with van der Waals surface area (Å²) >= 11 is 11.7. The van der Waals surface area contributed by atoms with E-state index in [9.17, 15) is 4.79 Å². The second kappa shape index (κ2) is 5.19. The maximum absolute atomic E-state index is 12.2. The van der Waals surface area contributed by atoms with Gasteiger partial charge in [0.2, 0.25) is 0 Å². The van der Waals surface area contributed by atoms with E-state index in [4.69, 9.17) is 23.2 Å². The van der Waals surface area contributed by atoms with Gasteiger partial charge in [-0.15, -0.1) is 0 Å². The number of hydrogen-bond acceptors (Lipinski definition) is 3. The fraction of sp³-hybridized carbons (Fsp3) is 0.250. The number of amides is 1. The third-order valence-electron chi connectivity index (χ3n) is 2.61. The number of carbonyl (C=O) groups excluding carboxylic acids is 1. The number of nitrogens with zero attached hydrogens (tertiary/aromatic N) is 2. The smallest absolute Gasteiger partial charge is 0.252 e. The summed E-state index contributed by atoms with van der Waals surface area (Å²) in [6.07, 6.45) is 1.56. The van der Waals surface area contributed by atoms with Gasteiger partial charge in [-0.05, 0) is 32.0 Å². The molecular weight excluding hydrogens is 287 g/mol. The molecule has 0 saturated heterocycles. The zero-order valence-electron chi connectivity index (χ0n) is 10.4. The first-order valence-corrected chi connectivity index (χ1v) is 6.29. The summed E-state index contributed by atoms with van der Waals surface area (Å²) in [6, 6.07) is 4.69. The molecule has 19 heavy (non-hydrogen) atoms. The molecule has 2 N–H and O–H groups in total. The fourth-order valence-corrected chi connectivity index (χ4v) is 2.13. The van der Waals surface area contributed by atoms with Crippen LogP contribution in [0.5, 0.6) is 0 Å². The van der Waals surface area contributed by atoms with Crippen LogP contribution in [0, 0.1) is 0 Å².